The zero-order valence-electron chi connectivity index (χ0n) is 18.1. The number of aryl methyl sites for hydroxylation is 1. The first kappa shape index (κ1) is 21.5. The molecule has 3 heterocycles. The lowest BCUT2D eigenvalue weighted by atomic mass is 10.0. The molecule has 9 heteroatoms. The van der Waals surface area contributed by atoms with E-state index in [4.69, 9.17) is 0 Å². The van der Waals surface area contributed by atoms with E-state index in [2.05, 4.69) is 15.3 Å². The number of hydrogen-bond acceptors (Lipinski definition) is 5. The molecule has 0 atom stereocenters. The Morgan fingerprint density at radius 1 is 1.19 bits per heavy atom. The largest absolute Gasteiger partial charge is 0.339 e. The smallest absolute Gasteiger partial charge is 0.329 e. The highest BCUT2D eigenvalue weighted by Crippen LogP contribution is 2.23. The summed E-state index contributed by atoms with van der Waals surface area (Å²) in [4.78, 5) is 58.4. The van der Waals surface area contributed by atoms with E-state index >= 15 is 0 Å². The molecule has 3 aromatic rings. The number of carbonyl (C=O) groups excluding carboxylic acids is 2. The Labute approximate surface area is 184 Å². The van der Waals surface area contributed by atoms with E-state index in [1.165, 1.54) is 16.8 Å². The third-order valence-electron chi connectivity index (χ3n) is 5.75. The van der Waals surface area contributed by atoms with Gasteiger partial charge in [0.05, 0.1) is 10.9 Å². The van der Waals surface area contributed by atoms with E-state index in [9.17, 15) is 19.2 Å². The van der Waals surface area contributed by atoms with Gasteiger partial charge in [0.2, 0.25) is 0 Å². The van der Waals surface area contributed by atoms with Crippen LogP contribution in [-0.4, -0.2) is 44.3 Å². The number of carbonyl (C=O) groups is 2. The molecule has 0 unspecified atom stereocenters. The van der Waals surface area contributed by atoms with E-state index < -0.39 is 17.2 Å². The first-order chi connectivity index (χ1) is 15.4. The lowest BCUT2D eigenvalue weighted by Crippen LogP contribution is -2.31. The number of aromatic amines is 1. The second-order valence-electron chi connectivity index (χ2n) is 7.94. The highest BCUT2D eigenvalue weighted by atomic mass is 16.2. The lowest BCUT2D eigenvalue weighted by Gasteiger charge is -2.18. The molecule has 0 spiro atoms. The molecule has 0 saturated carbocycles. The number of H-pyrrole nitrogens is 1. The highest BCUT2D eigenvalue weighted by molar-refractivity contribution is 6.07. The van der Waals surface area contributed by atoms with Gasteiger partial charge in [0.1, 0.15) is 5.65 Å². The molecule has 1 fully saturated rings. The van der Waals surface area contributed by atoms with Crippen LogP contribution in [0.25, 0.3) is 11.0 Å². The van der Waals surface area contributed by atoms with Gasteiger partial charge in [0.25, 0.3) is 17.4 Å². The second-order valence-corrected chi connectivity index (χ2v) is 7.94. The van der Waals surface area contributed by atoms with Crippen LogP contribution in [0, 0.1) is 6.92 Å². The first-order valence-corrected chi connectivity index (χ1v) is 10.7. The quantitative estimate of drug-likeness (QED) is 0.638. The minimum atomic E-state index is -0.589. The van der Waals surface area contributed by atoms with Gasteiger partial charge in [0.15, 0.2) is 0 Å². The maximum atomic E-state index is 12.9. The van der Waals surface area contributed by atoms with Crippen LogP contribution in [-0.2, 0) is 6.54 Å². The monoisotopic (exact) mass is 435 g/mol. The van der Waals surface area contributed by atoms with E-state index in [0.717, 1.165) is 25.9 Å². The average molecular weight is 435 g/mol. The first-order valence-electron chi connectivity index (χ1n) is 10.7. The van der Waals surface area contributed by atoms with E-state index in [0.29, 0.717) is 29.8 Å². The van der Waals surface area contributed by atoms with Crippen molar-refractivity contribution in [2.45, 2.75) is 39.7 Å². The number of likely N-dealkylation sites (tertiary alicyclic amines) is 1. The van der Waals surface area contributed by atoms with Crippen molar-refractivity contribution in [3.05, 3.63) is 68.0 Å². The summed E-state index contributed by atoms with van der Waals surface area (Å²) in [5.41, 5.74) is 1.07. The Morgan fingerprint density at radius 3 is 2.66 bits per heavy atom. The average Bonchev–Trinajstić information content (AvgIpc) is 3.32. The number of pyridine rings is 1. The maximum absolute atomic E-state index is 12.9. The van der Waals surface area contributed by atoms with Gasteiger partial charge in [-0.1, -0.05) is 13.0 Å². The SMILES string of the molecule is CCCn1c(=O)[nH]c(=O)c2cc(C(=O)Nc3cccc(C(=O)N4CCCC4)c3C)cnc21. The molecule has 1 aromatic carbocycles. The number of hydrogen-bond donors (Lipinski definition) is 2. The summed E-state index contributed by atoms with van der Waals surface area (Å²) in [6.07, 6.45) is 4.04. The van der Waals surface area contributed by atoms with Crippen molar-refractivity contribution in [3.8, 4) is 0 Å². The molecule has 1 aliphatic rings. The molecule has 2 amide bonds. The van der Waals surface area contributed by atoms with Crippen LogP contribution in [0.4, 0.5) is 5.69 Å². The number of nitrogens with one attached hydrogen (secondary N) is 2. The Hall–Kier alpha value is -3.75. The number of amides is 2. The van der Waals surface area contributed by atoms with Crippen molar-refractivity contribution >= 4 is 28.5 Å². The van der Waals surface area contributed by atoms with Crippen LogP contribution >= 0.6 is 0 Å². The minimum absolute atomic E-state index is 0.0381. The van der Waals surface area contributed by atoms with Gasteiger partial charge in [-0.25, -0.2) is 9.78 Å². The van der Waals surface area contributed by atoms with Crippen LogP contribution in [0.1, 0.15) is 52.5 Å². The van der Waals surface area contributed by atoms with Crippen molar-refractivity contribution in [1.29, 1.82) is 0 Å². The summed E-state index contributed by atoms with van der Waals surface area (Å²) >= 11 is 0. The highest BCUT2D eigenvalue weighted by Gasteiger charge is 2.22. The third-order valence-corrected chi connectivity index (χ3v) is 5.75. The van der Waals surface area contributed by atoms with Crippen molar-refractivity contribution < 1.29 is 9.59 Å². The molecule has 2 N–H and O–H groups in total. The molecule has 4 rings (SSSR count). The number of benzene rings is 1. The Kier molecular flexibility index (Phi) is 5.89. The van der Waals surface area contributed by atoms with Gasteiger partial charge < -0.3 is 10.2 Å². The summed E-state index contributed by atoms with van der Waals surface area (Å²) in [6, 6.07) is 6.65. The summed E-state index contributed by atoms with van der Waals surface area (Å²) in [5.74, 6) is -0.496. The van der Waals surface area contributed by atoms with Crippen LogP contribution in [0.3, 0.4) is 0 Å². The third kappa shape index (κ3) is 3.93. The van der Waals surface area contributed by atoms with Crippen molar-refractivity contribution in [3.63, 3.8) is 0 Å². The molecule has 2 aromatic heterocycles. The normalized spacial score (nSPS) is 13.5. The lowest BCUT2D eigenvalue weighted by molar-refractivity contribution is 0.0791. The summed E-state index contributed by atoms with van der Waals surface area (Å²) in [5, 5.41) is 2.98. The fraction of sp³-hybridized carbons (Fsp3) is 0.348. The van der Waals surface area contributed by atoms with Gasteiger partial charge in [0, 0.05) is 37.1 Å². The predicted octanol–water partition coefficient (Wildman–Crippen LogP) is 2.29. The number of rotatable bonds is 5. The fourth-order valence-electron chi connectivity index (χ4n) is 4.01. The number of aromatic nitrogens is 3. The molecule has 9 nitrogen and oxygen atoms in total. The molecule has 0 radical (unpaired) electrons. The van der Waals surface area contributed by atoms with Gasteiger partial charge in [-0.15, -0.1) is 0 Å². The summed E-state index contributed by atoms with van der Waals surface area (Å²) in [7, 11) is 0. The Balaban J connectivity index is 1.64. The van der Waals surface area contributed by atoms with Crippen LogP contribution in [0.5, 0.6) is 0 Å². The van der Waals surface area contributed by atoms with Gasteiger partial charge in [-0.3, -0.25) is 23.9 Å². The molecule has 166 valence electrons. The topological polar surface area (TPSA) is 117 Å². The van der Waals surface area contributed by atoms with E-state index in [-0.39, 0.29) is 22.5 Å². The standard InChI is InChI=1S/C23H25N5O4/c1-3-9-28-19-17(21(30)26-23(28)32)12-15(13-24-19)20(29)25-18-8-6-7-16(14(18)2)22(31)27-10-4-5-11-27/h6-8,12-13H,3-5,9-11H2,1-2H3,(H,25,29)(H,26,30,32). The number of fused-ring (bicyclic) bond motifs is 1. The van der Waals surface area contributed by atoms with Crippen molar-refractivity contribution in [2.24, 2.45) is 0 Å². The van der Waals surface area contributed by atoms with Crippen molar-refractivity contribution in [2.75, 3.05) is 18.4 Å². The number of nitrogens with zero attached hydrogens (tertiary/aromatic N) is 3. The predicted molar refractivity (Wildman–Crippen MR) is 121 cm³/mol. The van der Waals surface area contributed by atoms with E-state index in [1.807, 2.05) is 11.8 Å². The van der Waals surface area contributed by atoms with Crippen LogP contribution in [0.2, 0.25) is 0 Å². The molecular weight excluding hydrogens is 410 g/mol. The van der Waals surface area contributed by atoms with Crippen LogP contribution in [0.15, 0.2) is 40.1 Å². The molecule has 0 bridgehead atoms. The zero-order chi connectivity index (χ0) is 22.8. The zero-order valence-corrected chi connectivity index (χ0v) is 18.1. The Bertz CT molecular complexity index is 1320. The van der Waals surface area contributed by atoms with E-state index in [1.54, 1.807) is 25.1 Å². The van der Waals surface area contributed by atoms with Gasteiger partial charge in [-0.2, -0.15) is 0 Å². The Morgan fingerprint density at radius 2 is 1.94 bits per heavy atom. The fourth-order valence-corrected chi connectivity index (χ4v) is 4.01. The molecule has 32 heavy (non-hydrogen) atoms. The molecule has 1 aliphatic heterocycles. The van der Waals surface area contributed by atoms with Crippen LogP contribution < -0.4 is 16.6 Å². The molecular formula is C23H25N5O4. The summed E-state index contributed by atoms with van der Waals surface area (Å²) < 4.78 is 1.38. The van der Waals surface area contributed by atoms with Gasteiger partial charge in [-0.05, 0) is 49.9 Å². The van der Waals surface area contributed by atoms with Crippen molar-refractivity contribution in [1.82, 2.24) is 19.4 Å². The van der Waals surface area contributed by atoms with Gasteiger partial charge >= 0.3 is 5.69 Å². The maximum Gasteiger partial charge on any atom is 0.329 e. The minimum Gasteiger partial charge on any atom is -0.339 e. The molecule has 0 aliphatic carbocycles. The summed E-state index contributed by atoms with van der Waals surface area (Å²) in [6.45, 7) is 5.61. The molecule has 1 saturated heterocycles. The second kappa shape index (κ2) is 8.78. The number of anilines is 1.